The van der Waals surface area contributed by atoms with Gasteiger partial charge in [0.15, 0.2) is 11.2 Å². The SMILES string of the molecule is CC(=O)OOC[C@@H]1CC[C@H](n2cnc3c(=O)[nH]c(N)nc32)O1. The summed E-state index contributed by atoms with van der Waals surface area (Å²) >= 11 is 0. The molecule has 2 aromatic rings. The van der Waals surface area contributed by atoms with Crippen LogP contribution in [-0.2, 0) is 19.3 Å². The standard InChI is InChI=1S/C12H15N5O5/c1-6(18)22-20-4-7-2-3-8(21-7)17-5-14-9-10(17)15-12(13)16-11(9)19/h5,7-8H,2-4H2,1H3,(H3,13,15,16,19)/t7-,8+/m0/s1. The van der Waals surface area contributed by atoms with Crippen molar-refractivity contribution in [1.29, 1.82) is 0 Å². The maximum absolute atomic E-state index is 11.7. The number of nitrogens with zero attached hydrogens (tertiary/aromatic N) is 3. The normalized spacial score (nSPS) is 21.3. The van der Waals surface area contributed by atoms with E-state index in [-0.39, 0.29) is 30.4 Å². The summed E-state index contributed by atoms with van der Waals surface area (Å²) in [5, 5.41) is 0. The van der Waals surface area contributed by atoms with Crippen molar-refractivity contribution in [2.45, 2.75) is 32.1 Å². The van der Waals surface area contributed by atoms with Crippen LogP contribution in [0, 0.1) is 0 Å². The molecule has 10 nitrogen and oxygen atoms in total. The third-order valence-corrected chi connectivity index (χ3v) is 3.28. The lowest BCUT2D eigenvalue weighted by molar-refractivity contribution is -0.281. The Kier molecular flexibility index (Phi) is 3.77. The second-order valence-corrected chi connectivity index (χ2v) is 4.92. The molecule has 0 aromatic carbocycles. The molecule has 0 radical (unpaired) electrons. The first-order chi connectivity index (χ1) is 10.5. The molecule has 0 aliphatic carbocycles. The molecular weight excluding hydrogens is 294 g/mol. The Bertz CT molecular complexity index is 754. The van der Waals surface area contributed by atoms with E-state index in [9.17, 15) is 9.59 Å². The second-order valence-electron chi connectivity index (χ2n) is 4.92. The summed E-state index contributed by atoms with van der Waals surface area (Å²) < 4.78 is 7.45. The van der Waals surface area contributed by atoms with Gasteiger partial charge in [-0.05, 0) is 12.8 Å². The summed E-state index contributed by atoms with van der Waals surface area (Å²) in [6.45, 7) is 1.39. The first kappa shape index (κ1) is 14.5. The third-order valence-electron chi connectivity index (χ3n) is 3.28. The average Bonchev–Trinajstić information content (AvgIpc) is 3.04. The van der Waals surface area contributed by atoms with E-state index in [1.165, 1.54) is 13.3 Å². The smallest absolute Gasteiger partial charge is 0.339 e. The minimum Gasteiger partial charge on any atom is -0.369 e. The highest BCUT2D eigenvalue weighted by Gasteiger charge is 2.29. The number of aromatic amines is 1. The van der Waals surface area contributed by atoms with Crippen LogP contribution in [0.5, 0.6) is 0 Å². The Hall–Kier alpha value is -2.46. The number of fused-ring (bicyclic) bond motifs is 1. The third kappa shape index (κ3) is 2.78. The summed E-state index contributed by atoms with van der Waals surface area (Å²) in [4.78, 5) is 42.1. The minimum atomic E-state index is -0.519. The summed E-state index contributed by atoms with van der Waals surface area (Å²) in [6, 6.07) is 0. The molecule has 1 fully saturated rings. The van der Waals surface area contributed by atoms with Crippen molar-refractivity contribution in [3.63, 3.8) is 0 Å². The van der Waals surface area contributed by atoms with Crippen molar-refractivity contribution in [1.82, 2.24) is 19.5 Å². The van der Waals surface area contributed by atoms with Crippen LogP contribution in [0.25, 0.3) is 11.2 Å². The van der Waals surface area contributed by atoms with E-state index in [0.717, 1.165) is 0 Å². The Labute approximate surface area is 124 Å². The van der Waals surface area contributed by atoms with Gasteiger partial charge in [-0.3, -0.25) is 19.2 Å². The molecule has 0 amide bonds. The number of aromatic nitrogens is 4. The maximum Gasteiger partial charge on any atom is 0.339 e. The van der Waals surface area contributed by atoms with Gasteiger partial charge in [0, 0.05) is 6.92 Å². The molecule has 3 N–H and O–H groups in total. The lowest BCUT2D eigenvalue weighted by Crippen LogP contribution is -2.18. The molecule has 1 aliphatic rings. The van der Waals surface area contributed by atoms with Crippen molar-refractivity contribution < 1.29 is 19.3 Å². The number of H-pyrrole nitrogens is 1. The molecular formula is C12H15N5O5. The van der Waals surface area contributed by atoms with E-state index in [1.807, 2.05) is 0 Å². The molecule has 22 heavy (non-hydrogen) atoms. The molecule has 0 bridgehead atoms. The lowest BCUT2D eigenvalue weighted by atomic mass is 10.2. The zero-order valence-electron chi connectivity index (χ0n) is 11.8. The van der Waals surface area contributed by atoms with Gasteiger partial charge in [0.1, 0.15) is 12.8 Å². The number of nitrogens with two attached hydrogens (primary N) is 1. The monoisotopic (exact) mass is 309 g/mol. The molecule has 0 unspecified atom stereocenters. The van der Waals surface area contributed by atoms with E-state index in [4.69, 9.17) is 15.4 Å². The van der Waals surface area contributed by atoms with E-state index in [1.54, 1.807) is 4.57 Å². The largest absolute Gasteiger partial charge is 0.369 e. The van der Waals surface area contributed by atoms with Crippen LogP contribution in [0.1, 0.15) is 26.0 Å². The van der Waals surface area contributed by atoms with Gasteiger partial charge in [-0.15, -0.1) is 0 Å². The minimum absolute atomic E-state index is 0.0204. The number of carbonyl (C=O) groups is 1. The molecule has 2 aromatic heterocycles. The average molecular weight is 309 g/mol. The summed E-state index contributed by atoms with van der Waals surface area (Å²) in [5.41, 5.74) is 5.74. The maximum atomic E-state index is 11.7. The van der Waals surface area contributed by atoms with Gasteiger partial charge in [-0.25, -0.2) is 9.78 Å². The summed E-state index contributed by atoms with van der Waals surface area (Å²) in [5.74, 6) is -0.499. The van der Waals surface area contributed by atoms with Crippen molar-refractivity contribution in [2.24, 2.45) is 0 Å². The molecule has 118 valence electrons. The fraction of sp³-hybridized carbons (Fsp3) is 0.500. The van der Waals surface area contributed by atoms with Crippen molar-refractivity contribution in [3.05, 3.63) is 16.7 Å². The van der Waals surface area contributed by atoms with Crippen LogP contribution in [-0.4, -0.2) is 38.2 Å². The predicted octanol–water partition coefficient (Wildman–Crippen LogP) is -0.126. The zero-order chi connectivity index (χ0) is 15.7. The molecule has 3 heterocycles. The second kappa shape index (κ2) is 5.73. The van der Waals surface area contributed by atoms with Crippen molar-refractivity contribution in [3.8, 4) is 0 Å². The molecule has 10 heteroatoms. The Morgan fingerprint density at radius 1 is 1.59 bits per heavy atom. The predicted molar refractivity (Wildman–Crippen MR) is 73.4 cm³/mol. The van der Waals surface area contributed by atoms with Gasteiger partial charge in [0.2, 0.25) is 5.95 Å². The number of carbonyl (C=O) groups excluding carboxylic acids is 1. The Balaban J connectivity index is 1.73. The number of nitrogen functional groups attached to an aromatic ring is 1. The van der Waals surface area contributed by atoms with Crippen LogP contribution in [0.15, 0.2) is 11.1 Å². The van der Waals surface area contributed by atoms with Crippen molar-refractivity contribution in [2.75, 3.05) is 12.3 Å². The van der Waals surface area contributed by atoms with E-state index in [0.29, 0.717) is 18.5 Å². The Morgan fingerprint density at radius 3 is 3.18 bits per heavy atom. The van der Waals surface area contributed by atoms with E-state index < -0.39 is 11.5 Å². The number of imidazole rings is 1. The van der Waals surface area contributed by atoms with Gasteiger partial charge < -0.3 is 10.5 Å². The first-order valence-electron chi connectivity index (χ1n) is 6.72. The van der Waals surface area contributed by atoms with Gasteiger partial charge in [0.25, 0.3) is 5.56 Å². The van der Waals surface area contributed by atoms with Crippen LogP contribution in [0.3, 0.4) is 0 Å². The van der Waals surface area contributed by atoms with Crippen LogP contribution in [0.4, 0.5) is 5.95 Å². The highest BCUT2D eigenvalue weighted by molar-refractivity contribution is 5.70. The number of nitrogens with one attached hydrogen (secondary N) is 1. The molecule has 2 atom stereocenters. The van der Waals surface area contributed by atoms with Gasteiger partial charge in [-0.1, -0.05) is 0 Å². The first-order valence-corrected chi connectivity index (χ1v) is 6.72. The van der Waals surface area contributed by atoms with Gasteiger partial charge >= 0.3 is 5.97 Å². The highest BCUT2D eigenvalue weighted by atomic mass is 17.2. The highest BCUT2D eigenvalue weighted by Crippen LogP contribution is 2.30. The quantitative estimate of drug-likeness (QED) is 0.589. The van der Waals surface area contributed by atoms with Gasteiger partial charge in [-0.2, -0.15) is 9.87 Å². The van der Waals surface area contributed by atoms with E-state index in [2.05, 4.69) is 19.8 Å². The fourth-order valence-electron chi connectivity index (χ4n) is 2.36. The van der Waals surface area contributed by atoms with Crippen LogP contribution in [0.2, 0.25) is 0 Å². The summed E-state index contributed by atoms with van der Waals surface area (Å²) in [7, 11) is 0. The molecule has 1 aliphatic heterocycles. The number of hydrogen-bond donors (Lipinski definition) is 2. The molecule has 1 saturated heterocycles. The number of rotatable bonds is 4. The Morgan fingerprint density at radius 2 is 2.41 bits per heavy atom. The number of hydrogen-bond acceptors (Lipinski definition) is 8. The molecule has 0 spiro atoms. The lowest BCUT2D eigenvalue weighted by Gasteiger charge is -2.14. The van der Waals surface area contributed by atoms with Crippen molar-refractivity contribution >= 4 is 23.1 Å². The number of anilines is 1. The van der Waals surface area contributed by atoms with E-state index >= 15 is 0 Å². The van der Waals surface area contributed by atoms with Crippen LogP contribution < -0.4 is 11.3 Å². The van der Waals surface area contributed by atoms with Crippen LogP contribution >= 0.6 is 0 Å². The summed E-state index contributed by atoms with van der Waals surface area (Å²) in [6.07, 6.45) is 2.34. The number of ether oxygens (including phenoxy) is 1. The molecule has 0 saturated carbocycles. The fourth-order valence-corrected chi connectivity index (χ4v) is 2.36. The molecule has 3 rings (SSSR count). The topological polar surface area (TPSA) is 134 Å². The zero-order valence-corrected chi connectivity index (χ0v) is 11.8. The van der Waals surface area contributed by atoms with Gasteiger partial charge in [0.05, 0.1) is 12.4 Å².